The molecule has 0 unspecified atom stereocenters. The van der Waals surface area contributed by atoms with E-state index in [-0.39, 0.29) is 10.2 Å². The van der Waals surface area contributed by atoms with Gasteiger partial charge in [0.1, 0.15) is 4.84 Å². The molecule has 0 atom stereocenters. The Labute approximate surface area is 112 Å². The molecular weight excluding hydrogens is 332 g/mol. The maximum atomic E-state index is 5.04. The SMILES string of the molecule is CC(Cl)Cl.ClC(Cl)(Cl)Cl.ClCCl. The Morgan fingerprint density at radius 3 is 1.00 bits per heavy atom. The lowest BCUT2D eigenvalue weighted by Gasteiger charge is -1.91. The van der Waals surface area contributed by atoms with Crippen LogP contribution in [0, 0.1) is 0 Å². The van der Waals surface area contributed by atoms with Crippen LogP contribution in [0.15, 0.2) is 0 Å². The van der Waals surface area contributed by atoms with Crippen molar-refractivity contribution >= 4 is 92.8 Å². The minimum absolute atomic E-state index is 0.194. The Bertz CT molecular complexity index is 57.2. The lowest BCUT2D eigenvalue weighted by molar-refractivity contribution is 1.39. The van der Waals surface area contributed by atoms with Crippen molar-refractivity contribution in [2.75, 3.05) is 5.34 Å². The Kier molecular flexibility index (Phi) is 22.0. The lowest BCUT2D eigenvalue weighted by atomic mass is 11.0. The van der Waals surface area contributed by atoms with E-state index in [4.69, 9.17) is 92.8 Å². The summed E-state index contributed by atoms with van der Waals surface area (Å²) < 4.78 is -1.61. The zero-order chi connectivity index (χ0) is 10.8. The van der Waals surface area contributed by atoms with Gasteiger partial charge < -0.3 is 0 Å². The second-order valence-corrected chi connectivity index (χ2v) is 6.82. The number of hydrogen-bond acceptors (Lipinski definition) is 0. The molecule has 0 rings (SSSR count). The lowest BCUT2D eigenvalue weighted by Crippen LogP contribution is -1.81. The first-order valence-electron chi connectivity index (χ1n) is 2.30. The summed E-state index contributed by atoms with van der Waals surface area (Å²) in [4.78, 5) is -0.222. The van der Waals surface area contributed by atoms with E-state index in [1.54, 1.807) is 6.92 Å². The summed E-state index contributed by atoms with van der Waals surface area (Å²) in [5.74, 6) is 0. The summed E-state index contributed by atoms with van der Waals surface area (Å²) in [6.45, 7) is 1.70. The standard InChI is InChI=1S/C2H4Cl2.CCl4.CH2Cl2/c1-2(3)4;2-1(3,4)5;2-1-3/h2H,1H3;;1H2. The van der Waals surface area contributed by atoms with Gasteiger partial charge in [0.25, 0.3) is 3.25 Å². The molecule has 0 radical (unpaired) electrons. The van der Waals surface area contributed by atoms with Gasteiger partial charge in [-0.25, -0.2) is 0 Å². The summed E-state index contributed by atoms with van der Waals surface area (Å²) in [6, 6.07) is 0. The van der Waals surface area contributed by atoms with Crippen molar-refractivity contribution in [1.29, 1.82) is 0 Å². The Balaban J connectivity index is -0.000000105. The zero-order valence-electron chi connectivity index (χ0n) is 5.81. The van der Waals surface area contributed by atoms with Crippen LogP contribution in [-0.2, 0) is 0 Å². The van der Waals surface area contributed by atoms with E-state index < -0.39 is 3.25 Å². The van der Waals surface area contributed by atoms with E-state index in [9.17, 15) is 0 Å². The smallest absolute Gasteiger partial charge is 0.109 e. The molecule has 0 aromatic rings. The van der Waals surface area contributed by atoms with Gasteiger partial charge in [0.05, 0.1) is 5.34 Å². The van der Waals surface area contributed by atoms with Crippen LogP contribution in [0.3, 0.4) is 0 Å². The fourth-order valence-electron chi connectivity index (χ4n) is 0. The molecule has 0 fully saturated rings. The molecule has 12 heavy (non-hydrogen) atoms. The number of halogens is 8. The van der Waals surface area contributed by atoms with Gasteiger partial charge in [-0.1, -0.05) is 46.4 Å². The van der Waals surface area contributed by atoms with Crippen LogP contribution in [-0.4, -0.2) is 13.4 Å². The van der Waals surface area contributed by atoms with Crippen LogP contribution in [0.1, 0.15) is 6.92 Å². The summed E-state index contributed by atoms with van der Waals surface area (Å²) in [7, 11) is 0. The molecule has 8 heteroatoms. The Hall–Kier alpha value is 2.32. The largest absolute Gasteiger partial charge is 0.266 e. The molecule has 0 saturated heterocycles. The summed E-state index contributed by atoms with van der Waals surface area (Å²) in [6.07, 6.45) is 0. The predicted octanol–water partition coefficient (Wildman–Crippen LogP) is 5.78. The maximum absolute atomic E-state index is 5.04. The first-order chi connectivity index (χ1) is 5.15. The molecule has 0 heterocycles. The van der Waals surface area contributed by atoms with Gasteiger partial charge in [0.2, 0.25) is 0 Å². The number of hydrogen-bond donors (Lipinski definition) is 0. The van der Waals surface area contributed by atoms with Crippen molar-refractivity contribution in [3.8, 4) is 0 Å². The van der Waals surface area contributed by atoms with E-state index in [0.29, 0.717) is 0 Å². The molecule has 0 aromatic carbocycles. The molecule has 0 amide bonds. The molecule has 0 bridgehead atoms. The molecule has 0 spiro atoms. The van der Waals surface area contributed by atoms with Crippen molar-refractivity contribution < 1.29 is 0 Å². The van der Waals surface area contributed by atoms with Gasteiger partial charge >= 0.3 is 0 Å². The summed E-state index contributed by atoms with van der Waals surface area (Å²) in [5, 5.41) is 0.194. The molecule has 0 nitrogen and oxygen atoms in total. The van der Waals surface area contributed by atoms with Crippen molar-refractivity contribution in [2.24, 2.45) is 0 Å². The average molecular weight is 338 g/mol. The molecule has 0 saturated carbocycles. The van der Waals surface area contributed by atoms with E-state index >= 15 is 0 Å². The number of rotatable bonds is 0. The highest BCUT2D eigenvalue weighted by Crippen LogP contribution is 2.29. The van der Waals surface area contributed by atoms with Crippen LogP contribution in [0.5, 0.6) is 0 Å². The van der Waals surface area contributed by atoms with Crippen LogP contribution in [0.25, 0.3) is 0 Å². The first kappa shape index (κ1) is 19.8. The van der Waals surface area contributed by atoms with E-state index in [1.807, 2.05) is 0 Å². The monoisotopic (exact) mass is 334 g/mol. The summed E-state index contributed by atoms with van der Waals surface area (Å²) in [5.41, 5.74) is 0. The fourth-order valence-corrected chi connectivity index (χ4v) is 0. The van der Waals surface area contributed by atoms with E-state index in [0.717, 1.165) is 0 Å². The molecule has 78 valence electrons. The molecular formula is C4H6Cl8. The Morgan fingerprint density at radius 1 is 1.00 bits per heavy atom. The van der Waals surface area contributed by atoms with Gasteiger partial charge in [-0.2, -0.15) is 0 Å². The third-order valence-electron chi connectivity index (χ3n) is 0. The third-order valence-corrected chi connectivity index (χ3v) is 0. The highest BCUT2D eigenvalue weighted by molar-refractivity contribution is 6.83. The second-order valence-electron chi connectivity index (χ2n) is 1.05. The van der Waals surface area contributed by atoms with Crippen molar-refractivity contribution in [1.82, 2.24) is 0 Å². The van der Waals surface area contributed by atoms with Crippen LogP contribution >= 0.6 is 92.8 Å². The van der Waals surface area contributed by atoms with Gasteiger partial charge in [0.15, 0.2) is 0 Å². The Morgan fingerprint density at radius 2 is 1.00 bits per heavy atom. The van der Waals surface area contributed by atoms with Crippen LogP contribution < -0.4 is 0 Å². The molecule has 0 aromatic heterocycles. The van der Waals surface area contributed by atoms with Crippen molar-refractivity contribution in [3.63, 3.8) is 0 Å². The molecule has 0 aliphatic rings. The topological polar surface area (TPSA) is 0 Å². The van der Waals surface area contributed by atoms with Gasteiger partial charge in [0, 0.05) is 0 Å². The quantitative estimate of drug-likeness (QED) is 0.491. The highest BCUT2D eigenvalue weighted by atomic mass is 35.6. The summed E-state index contributed by atoms with van der Waals surface area (Å²) >= 11 is 38.9. The normalized spacial score (nSPS) is 9.50. The van der Waals surface area contributed by atoms with Crippen LogP contribution in [0.2, 0.25) is 0 Å². The molecule has 0 aliphatic carbocycles. The predicted molar refractivity (Wildman–Crippen MR) is 63.9 cm³/mol. The fraction of sp³-hybridized carbons (Fsp3) is 1.00. The first-order valence-corrected chi connectivity index (χ1v) is 5.76. The third kappa shape index (κ3) is 293. The van der Waals surface area contributed by atoms with Gasteiger partial charge in [-0.15, -0.1) is 46.4 Å². The molecule has 0 N–H and O–H groups in total. The second kappa shape index (κ2) is 13.3. The minimum atomic E-state index is -1.61. The van der Waals surface area contributed by atoms with Crippen molar-refractivity contribution in [2.45, 2.75) is 15.0 Å². The average Bonchev–Trinajstić information content (AvgIpc) is 1.56. The van der Waals surface area contributed by atoms with Gasteiger partial charge in [-0.3, -0.25) is 0 Å². The van der Waals surface area contributed by atoms with Crippen LogP contribution in [0.4, 0.5) is 0 Å². The van der Waals surface area contributed by atoms with E-state index in [2.05, 4.69) is 0 Å². The van der Waals surface area contributed by atoms with Gasteiger partial charge in [-0.05, 0) is 6.92 Å². The number of alkyl halides is 8. The van der Waals surface area contributed by atoms with Crippen molar-refractivity contribution in [3.05, 3.63) is 0 Å². The zero-order valence-corrected chi connectivity index (χ0v) is 11.9. The minimum Gasteiger partial charge on any atom is -0.109 e. The molecule has 0 aliphatic heterocycles. The highest BCUT2D eigenvalue weighted by Gasteiger charge is 2.11. The van der Waals surface area contributed by atoms with E-state index in [1.165, 1.54) is 0 Å². The maximum Gasteiger partial charge on any atom is 0.266 e.